The second kappa shape index (κ2) is 8.39. The molecule has 0 aromatic heterocycles. The molecule has 0 saturated carbocycles. The molecule has 0 bridgehead atoms. The Hall–Kier alpha value is -1.92. The Morgan fingerprint density at radius 2 is 1.76 bits per heavy atom. The Kier molecular flexibility index (Phi) is 6.84. The summed E-state index contributed by atoms with van der Waals surface area (Å²) < 4.78 is 0. The SMILES string of the molecule is CN(C)CCN(Cc1ccccc1)C(=O)C(N)CC(N)=O. The second-order valence-corrected chi connectivity index (χ2v) is 5.33. The number of nitrogens with zero attached hydrogens (tertiary/aromatic N) is 2. The van der Waals surface area contributed by atoms with Crippen LogP contribution in [0.25, 0.3) is 0 Å². The van der Waals surface area contributed by atoms with Crippen LogP contribution in [0.15, 0.2) is 30.3 Å². The van der Waals surface area contributed by atoms with E-state index in [1.807, 2.05) is 49.3 Å². The van der Waals surface area contributed by atoms with Crippen LogP contribution >= 0.6 is 0 Å². The number of hydrogen-bond donors (Lipinski definition) is 2. The van der Waals surface area contributed by atoms with Crippen molar-refractivity contribution in [3.8, 4) is 0 Å². The highest BCUT2D eigenvalue weighted by atomic mass is 16.2. The van der Waals surface area contributed by atoms with Gasteiger partial charge in [-0.15, -0.1) is 0 Å². The van der Waals surface area contributed by atoms with Gasteiger partial charge in [0, 0.05) is 19.6 Å². The van der Waals surface area contributed by atoms with E-state index in [0.29, 0.717) is 13.1 Å². The fourth-order valence-electron chi connectivity index (χ4n) is 1.93. The zero-order chi connectivity index (χ0) is 15.8. The summed E-state index contributed by atoms with van der Waals surface area (Å²) in [6.45, 7) is 1.75. The summed E-state index contributed by atoms with van der Waals surface area (Å²) in [7, 11) is 3.88. The quantitative estimate of drug-likeness (QED) is 0.693. The Bertz CT molecular complexity index is 462. The third kappa shape index (κ3) is 6.37. The van der Waals surface area contributed by atoms with Crippen molar-refractivity contribution in [3.63, 3.8) is 0 Å². The molecule has 0 saturated heterocycles. The first-order chi connectivity index (χ1) is 9.90. The van der Waals surface area contributed by atoms with Gasteiger partial charge in [0.05, 0.1) is 12.5 Å². The van der Waals surface area contributed by atoms with Crippen LogP contribution in [-0.4, -0.2) is 54.8 Å². The Balaban J connectivity index is 2.75. The number of nitrogens with two attached hydrogens (primary N) is 2. The van der Waals surface area contributed by atoms with Gasteiger partial charge in [-0.25, -0.2) is 0 Å². The van der Waals surface area contributed by atoms with E-state index in [0.717, 1.165) is 12.1 Å². The Morgan fingerprint density at radius 3 is 2.29 bits per heavy atom. The van der Waals surface area contributed by atoms with Gasteiger partial charge in [-0.1, -0.05) is 30.3 Å². The number of rotatable bonds is 8. The molecule has 0 aliphatic heterocycles. The van der Waals surface area contributed by atoms with Crippen LogP contribution in [0.1, 0.15) is 12.0 Å². The Morgan fingerprint density at radius 1 is 1.14 bits per heavy atom. The average Bonchev–Trinajstić information content (AvgIpc) is 2.42. The first kappa shape index (κ1) is 17.1. The molecule has 0 heterocycles. The lowest BCUT2D eigenvalue weighted by Gasteiger charge is -2.27. The van der Waals surface area contributed by atoms with Crippen molar-refractivity contribution < 1.29 is 9.59 Å². The van der Waals surface area contributed by atoms with Crippen molar-refractivity contribution in [1.29, 1.82) is 0 Å². The number of benzene rings is 1. The van der Waals surface area contributed by atoms with Crippen molar-refractivity contribution in [1.82, 2.24) is 9.80 Å². The standard InChI is InChI=1S/C15H24N4O2/c1-18(2)8-9-19(11-12-6-4-3-5-7-12)15(21)13(16)10-14(17)20/h3-7,13H,8-11,16H2,1-2H3,(H2,17,20). The van der Waals surface area contributed by atoms with Gasteiger partial charge in [0.15, 0.2) is 0 Å². The van der Waals surface area contributed by atoms with Crippen molar-refractivity contribution in [3.05, 3.63) is 35.9 Å². The van der Waals surface area contributed by atoms with Crippen LogP contribution in [0.3, 0.4) is 0 Å². The molecule has 116 valence electrons. The third-order valence-corrected chi connectivity index (χ3v) is 3.08. The maximum atomic E-state index is 12.4. The van der Waals surface area contributed by atoms with E-state index in [1.54, 1.807) is 4.90 Å². The molecule has 2 amide bonds. The summed E-state index contributed by atoms with van der Waals surface area (Å²) in [6.07, 6.45) is -0.133. The molecule has 1 atom stereocenters. The van der Waals surface area contributed by atoms with E-state index < -0.39 is 11.9 Å². The predicted octanol–water partition coefficient (Wildman–Crippen LogP) is -0.220. The summed E-state index contributed by atoms with van der Waals surface area (Å²) in [5, 5.41) is 0. The first-order valence-electron chi connectivity index (χ1n) is 6.91. The summed E-state index contributed by atoms with van der Waals surface area (Å²) in [4.78, 5) is 27.0. The summed E-state index contributed by atoms with van der Waals surface area (Å²) in [5.41, 5.74) is 11.9. The van der Waals surface area contributed by atoms with Gasteiger partial charge in [-0.3, -0.25) is 9.59 Å². The molecule has 6 heteroatoms. The zero-order valence-corrected chi connectivity index (χ0v) is 12.7. The van der Waals surface area contributed by atoms with Crippen molar-refractivity contribution >= 4 is 11.8 Å². The number of carbonyl (C=O) groups is 2. The molecule has 6 nitrogen and oxygen atoms in total. The second-order valence-electron chi connectivity index (χ2n) is 5.33. The molecule has 21 heavy (non-hydrogen) atoms. The number of amides is 2. The predicted molar refractivity (Wildman–Crippen MR) is 82.2 cm³/mol. The summed E-state index contributed by atoms with van der Waals surface area (Å²) >= 11 is 0. The number of hydrogen-bond acceptors (Lipinski definition) is 4. The Labute approximate surface area is 125 Å². The van der Waals surface area contributed by atoms with E-state index in [1.165, 1.54) is 0 Å². The number of likely N-dealkylation sites (N-methyl/N-ethyl adjacent to an activating group) is 1. The van der Waals surface area contributed by atoms with Crippen LogP contribution in [0.5, 0.6) is 0 Å². The van der Waals surface area contributed by atoms with E-state index in [4.69, 9.17) is 11.5 Å². The van der Waals surface area contributed by atoms with E-state index in [2.05, 4.69) is 0 Å². The third-order valence-electron chi connectivity index (χ3n) is 3.08. The molecule has 0 aliphatic carbocycles. The van der Waals surface area contributed by atoms with Gasteiger partial charge < -0.3 is 21.3 Å². The van der Waals surface area contributed by atoms with Crippen molar-refractivity contribution in [2.75, 3.05) is 27.2 Å². The lowest BCUT2D eigenvalue weighted by atomic mass is 10.1. The van der Waals surface area contributed by atoms with Crippen molar-refractivity contribution in [2.24, 2.45) is 11.5 Å². The lowest BCUT2D eigenvalue weighted by molar-refractivity contribution is -0.135. The van der Waals surface area contributed by atoms with E-state index in [-0.39, 0.29) is 12.3 Å². The fraction of sp³-hybridized carbons (Fsp3) is 0.467. The van der Waals surface area contributed by atoms with Gasteiger partial charge in [0.25, 0.3) is 0 Å². The molecule has 0 radical (unpaired) electrons. The van der Waals surface area contributed by atoms with Crippen LogP contribution in [-0.2, 0) is 16.1 Å². The molecule has 1 unspecified atom stereocenters. The largest absolute Gasteiger partial charge is 0.370 e. The highest BCUT2D eigenvalue weighted by Gasteiger charge is 2.22. The molecule has 0 aliphatic rings. The van der Waals surface area contributed by atoms with Crippen LogP contribution in [0, 0.1) is 0 Å². The maximum absolute atomic E-state index is 12.4. The van der Waals surface area contributed by atoms with Crippen LogP contribution < -0.4 is 11.5 Å². The minimum Gasteiger partial charge on any atom is -0.370 e. The van der Waals surface area contributed by atoms with E-state index in [9.17, 15) is 9.59 Å². The molecule has 1 aromatic rings. The van der Waals surface area contributed by atoms with Crippen molar-refractivity contribution in [2.45, 2.75) is 19.0 Å². The number of carbonyl (C=O) groups excluding carboxylic acids is 2. The molecular formula is C15H24N4O2. The molecule has 1 rings (SSSR count). The maximum Gasteiger partial charge on any atom is 0.240 e. The van der Waals surface area contributed by atoms with Gasteiger partial charge in [-0.05, 0) is 19.7 Å². The van der Waals surface area contributed by atoms with Gasteiger partial charge in [0.1, 0.15) is 0 Å². The normalized spacial score (nSPS) is 12.2. The number of primary amides is 1. The lowest BCUT2D eigenvalue weighted by Crippen LogP contribution is -2.47. The highest BCUT2D eigenvalue weighted by molar-refractivity contribution is 5.87. The van der Waals surface area contributed by atoms with Gasteiger partial charge in [0.2, 0.25) is 11.8 Å². The minimum absolute atomic E-state index is 0.133. The minimum atomic E-state index is -0.881. The van der Waals surface area contributed by atoms with E-state index >= 15 is 0 Å². The van der Waals surface area contributed by atoms with Gasteiger partial charge in [-0.2, -0.15) is 0 Å². The van der Waals surface area contributed by atoms with Crippen LogP contribution in [0.2, 0.25) is 0 Å². The highest BCUT2D eigenvalue weighted by Crippen LogP contribution is 2.07. The molecule has 4 N–H and O–H groups in total. The molecule has 0 fully saturated rings. The smallest absolute Gasteiger partial charge is 0.240 e. The summed E-state index contributed by atoms with van der Waals surface area (Å²) in [6, 6.07) is 8.80. The molecule has 0 spiro atoms. The first-order valence-corrected chi connectivity index (χ1v) is 6.91. The molecule has 1 aromatic carbocycles. The van der Waals surface area contributed by atoms with Crippen LogP contribution in [0.4, 0.5) is 0 Å². The summed E-state index contributed by atoms with van der Waals surface area (Å²) in [5.74, 6) is -0.817. The monoisotopic (exact) mass is 292 g/mol. The van der Waals surface area contributed by atoms with Gasteiger partial charge >= 0.3 is 0 Å². The fourth-order valence-corrected chi connectivity index (χ4v) is 1.93. The zero-order valence-electron chi connectivity index (χ0n) is 12.7. The topological polar surface area (TPSA) is 92.7 Å². The molecular weight excluding hydrogens is 268 g/mol. The average molecular weight is 292 g/mol.